The van der Waals surface area contributed by atoms with E-state index in [1.165, 1.54) is 7.05 Å². The van der Waals surface area contributed by atoms with E-state index in [9.17, 15) is 8.78 Å². The average molecular weight is 263 g/mol. The molecule has 0 aliphatic rings. The van der Waals surface area contributed by atoms with Crippen molar-refractivity contribution in [1.82, 2.24) is 4.98 Å². The lowest BCUT2D eigenvalue weighted by Gasteiger charge is -2.12. The van der Waals surface area contributed by atoms with Gasteiger partial charge in [0.2, 0.25) is 0 Å². The van der Waals surface area contributed by atoms with E-state index in [-0.39, 0.29) is 11.6 Å². The zero-order valence-corrected chi connectivity index (χ0v) is 11.0. The van der Waals surface area contributed by atoms with E-state index in [1.54, 1.807) is 0 Å². The highest BCUT2D eigenvalue weighted by Gasteiger charge is 2.11. The SMILES string of the molecule is CNc1nc(Nc2cc(C)ccc2C)c(F)cc1F. The minimum Gasteiger partial charge on any atom is -0.371 e. The molecule has 1 aromatic carbocycles. The number of hydrogen-bond acceptors (Lipinski definition) is 3. The Kier molecular flexibility index (Phi) is 3.64. The summed E-state index contributed by atoms with van der Waals surface area (Å²) in [5.41, 5.74) is 2.76. The lowest BCUT2D eigenvalue weighted by atomic mass is 10.1. The van der Waals surface area contributed by atoms with Crippen molar-refractivity contribution in [2.24, 2.45) is 0 Å². The third-order valence-electron chi connectivity index (χ3n) is 2.81. The number of nitrogens with zero attached hydrogens (tertiary/aromatic N) is 1. The molecule has 1 aromatic heterocycles. The summed E-state index contributed by atoms with van der Waals surface area (Å²) >= 11 is 0. The molecular weight excluding hydrogens is 248 g/mol. The van der Waals surface area contributed by atoms with Crippen LogP contribution < -0.4 is 10.6 Å². The number of anilines is 3. The third kappa shape index (κ3) is 2.81. The predicted octanol–water partition coefficient (Wildman–Crippen LogP) is 3.76. The number of aryl methyl sites for hydroxylation is 2. The summed E-state index contributed by atoms with van der Waals surface area (Å²) < 4.78 is 27.0. The molecule has 0 saturated carbocycles. The number of rotatable bonds is 3. The van der Waals surface area contributed by atoms with Crippen LogP contribution in [0.1, 0.15) is 11.1 Å². The van der Waals surface area contributed by atoms with Crippen LogP contribution in [0.25, 0.3) is 0 Å². The molecule has 19 heavy (non-hydrogen) atoms. The van der Waals surface area contributed by atoms with E-state index in [1.807, 2.05) is 32.0 Å². The van der Waals surface area contributed by atoms with Gasteiger partial charge < -0.3 is 10.6 Å². The Morgan fingerprint density at radius 1 is 1.00 bits per heavy atom. The second kappa shape index (κ2) is 5.22. The molecule has 0 amide bonds. The maximum Gasteiger partial charge on any atom is 0.169 e. The molecule has 0 unspecified atom stereocenters. The van der Waals surface area contributed by atoms with Crippen molar-refractivity contribution in [2.45, 2.75) is 13.8 Å². The van der Waals surface area contributed by atoms with Crippen LogP contribution in [-0.4, -0.2) is 12.0 Å². The molecule has 0 bridgehead atoms. The fourth-order valence-corrected chi connectivity index (χ4v) is 1.73. The molecule has 0 saturated heterocycles. The maximum atomic E-state index is 13.7. The zero-order valence-electron chi connectivity index (χ0n) is 11.0. The molecule has 2 N–H and O–H groups in total. The van der Waals surface area contributed by atoms with E-state index in [2.05, 4.69) is 15.6 Å². The average Bonchev–Trinajstić information content (AvgIpc) is 2.37. The van der Waals surface area contributed by atoms with Crippen molar-refractivity contribution in [3.8, 4) is 0 Å². The van der Waals surface area contributed by atoms with Crippen molar-refractivity contribution < 1.29 is 8.78 Å². The minimum atomic E-state index is -0.725. The van der Waals surface area contributed by atoms with Crippen LogP contribution >= 0.6 is 0 Å². The summed E-state index contributed by atoms with van der Waals surface area (Å²) in [5.74, 6) is -1.43. The van der Waals surface area contributed by atoms with Crippen LogP contribution in [0.15, 0.2) is 24.3 Å². The molecule has 0 fully saturated rings. The van der Waals surface area contributed by atoms with Crippen molar-refractivity contribution in [1.29, 1.82) is 0 Å². The number of benzene rings is 1. The van der Waals surface area contributed by atoms with Crippen molar-refractivity contribution in [2.75, 3.05) is 17.7 Å². The van der Waals surface area contributed by atoms with Crippen molar-refractivity contribution >= 4 is 17.3 Å². The van der Waals surface area contributed by atoms with Crippen LogP contribution in [0.3, 0.4) is 0 Å². The minimum absolute atomic E-state index is 0.000509. The maximum absolute atomic E-state index is 13.7. The van der Waals surface area contributed by atoms with Gasteiger partial charge in [-0.3, -0.25) is 0 Å². The number of aromatic nitrogens is 1. The quantitative estimate of drug-likeness (QED) is 0.885. The highest BCUT2D eigenvalue weighted by atomic mass is 19.1. The van der Waals surface area contributed by atoms with Gasteiger partial charge in [0.25, 0.3) is 0 Å². The lowest BCUT2D eigenvalue weighted by molar-refractivity contribution is 0.580. The predicted molar refractivity (Wildman–Crippen MR) is 72.9 cm³/mol. The summed E-state index contributed by atoms with van der Waals surface area (Å²) in [6, 6.07) is 6.59. The first kappa shape index (κ1) is 13.3. The van der Waals surface area contributed by atoms with Crippen LogP contribution in [0.5, 0.6) is 0 Å². The van der Waals surface area contributed by atoms with E-state index in [4.69, 9.17) is 0 Å². The van der Waals surface area contributed by atoms with Crippen LogP contribution in [0.2, 0.25) is 0 Å². The van der Waals surface area contributed by atoms with Gasteiger partial charge in [0.05, 0.1) is 0 Å². The monoisotopic (exact) mass is 263 g/mol. The van der Waals surface area contributed by atoms with E-state index >= 15 is 0 Å². The first-order valence-electron chi connectivity index (χ1n) is 5.89. The van der Waals surface area contributed by atoms with Gasteiger partial charge in [-0.2, -0.15) is 0 Å². The first-order valence-corrected chi connectivity index (χ1v) is 5.89. The summed E-state index contributed by atoms with van der Waals surface area (Å²) in [5, 5.41) is 5.47. The number of nitrogens with one attached hydrogen (secondary N) is 2. The lowest BCUT2D eigenvalue weighted by Crippen LogP contribution is -2.04. The molecule has 1 heterocycles. The van der Waals surface area contributed by atoms with Gasteiger partial charge in [-0.05, 0) is 31.0 Å². The van der Waals surface area contributed by atoms with E-state index < -0.39 is 11.6 Å². The largest absolute Gasteiger partial charge is 0.371 e. The second-order valence-electron chi connectivity index (χ2n) is 4.34. The molecule has 0 spiro atoms. The molecule has 100 valence electrons. The number of halogens is 2. The van der Waals surface area contributed by atoms with Gasteiger partial charge in [-0.15, -0.1) is 0 Å². The van der Waals surface area contributed by atoms with Crippen molar-refractivity contribution in [3.05, 3.63) is 47.0 Å². The number of hydrogen-bond donors (Lipinski definition) is 2. The molecule has 0 radical (unpaired) electrons. The highest BCUT2D eigenvalue weighted by molar-refractivity contribution is 5.63. The molecule has 0 aliphatic heterocycles. The van der Waals surface area contributed by atoms with Gasteiger partial charge in [0, 0.05) is 18.8 Å². The molecule has 0 aliphatic carbocycles. The summed E-state index contributed by atoms with van der Waals surface area (Å²) in [4.78, 5) is 3.88. The Labute approximate surface area is 110 Å². The third-order valence-corrected chi connectivity index (χ3v) is 2.81. The molecule has 3 nitrogen and oxygen atoms in total. The Hall–Kier alpha value is -2.17. The zero-order chi connectivity index (χ0) is 14.0. The van der Waals surface area contributed by atoms with Crippen LogP contribution in [0, 0.1) is 25.5 Å². The molecule has 0 atom stereocenters. The first-order chi connectivity index (χ1) is 9.01. The fraction of sp³-hybridized carbons (Fsp3) is 0.214. The van der Waals surface area contributed by atoms with Crippen molar-refractivity contribution in [3.63, 3.8) is 0 Å². The Bertz CT molecular complexity index is 612. The summed E-state index contributed by atoms with van der Waals surface area (Å²) in [6.07, 6.45) is 0. The Balaban J connectivity index is 2.40. The van der Waals surface area contributed by atoms with E-state index in [0.29, 0.717) is 0 Å². The summed E-state index contributed by atoms with van der Waals surface area (Å²) in [6.45, 7) is 3.85. The van der Waals surface area contributed by atoms with Gasteiger partial charge in [-0.1, -0.05) is 12.1 Å². The normalized spacial score (nSPS) is 10.4. The molecule has 2 aromatic rings. The summed E-state index contributed by atoms with van der Waals surface area (Å²) in [7, 11) is 1.53. The second-order valence-corrected chi connectivity index (χ2v) is 4.34. The topological polar surface area (TPSA) is 37.0 Å². The van der Waals surface area contributed by atoms with Gasteiger partial charge >= 0.3 is 0 Å². The molecular formula is C14H15F2N3. The smallest absolute Gasteiger partial charge is 0.169 e. The molecule has 2 rings (SSSR count). The van der Waals surface area contributed by atoms with Crippen LogP contribution in [0.4, 0.5) is 26.1 Å². The Morgan fingerprint density at radius 3 is 2.37 bits per heavy atom. The molecule has 5 heteroatoms. The van der Waals surface area contributed by atoms with Crippen LogP contribution in [-0.2, 0) is 0 Å². The number of pyridine rings is 1. The Morgan fingerprint density at radius 2 is 1.68 bits per heavy atom. The van der Waals surface area contributed by atoms with E-state index in [0.717, 1.165) is 22.9 Å². The highest BCUT2D eigenvalue weighted by Crippen LogP contribution is 2.25. The fourth-order valence-electron chi connectivity index (χ4n) is 1.73. The van der Waals surface area contributed by atoms with Gasteiger partial charge in [-0.25, -0.2) is 13.8 Å². The standard InChI is InChI=1S/C14H15F2N3/c1-8-4-5-9(2)12(6-8)18-14-11(16)7-10(15)13(17-3)19-14/h4-7H,1-3H3,(H2,17,18,19). The van der Waals surface area contributed by atoms with Gasteiger partial charge in [0.1, 0.15) is 0 Å². The van der Waals surface area contributed by atoms with Gasteiger partial charge in [0.15, 0.2) is 23.3 Å².